The van der Waals surface area contributed by atoms with Gasteiger partial charge in [-0.05, 0) is 42.7 Å². The smallest absolute Gasteiger partial charge is 0.265 e. The highest BCUT2D eigenvalue weighted by molar-refractivity contribution is 9.10. The molecule has 2 aliphatic heterocycles. The standard InChI is InChI=1S/C20H20BrF2N3/c1-12-7-8-24-19-16(25-12)5-2-6-17(19)26-9-3-4-13-10-15(21)14(20(22)23)11-18(13)26/h2,5-6,10-11,20,24-25H,1,3-4,7-9H2. The van der Waals surface area contributed by atoms with Gasteiger partial charge < -0.3 is 15.5 Å². The van der Waals surface area contributed by atoms with Gasteiger partial charge in [0.05, 0.1) is 17.1 Å². The van der Waals surface area contributed by atoms with Crippen LogP contribution in [-0.2, 0) is 6.42 Å². The molecule has 0 aliphatic carbocycles. The molecule has 0 fully saturated rings. The van der Waals surface area contributed by atoms with Gasteiger partial charge in [0.1, 0.15) is 0 Å². The number of nitrogens with one attached hydrogen (secondary N) is 2. The number of para-hydroxylation sites is 1. The third kappa shape index (κ3) is 3.07. The highest BCUT2D eigenvalue weighted by atomic mass is 79.9. The Bertz CT molecular complexity index is 866. The number of nitrogens with zero attached hydrogens (tertiary/aromatic N) is 1. The minimum absolute atomic E-state index is 0.0390. The van der Waals surface area contributed by atoms with Crippen molar-refractivity contribution in [3.8, 4) is 0 Å². The van der Waals surface area contributed by atoms with E-state index in [1.807, 2.05) is 24.3 Å². The summed E-state index contributed by atoms with van der Waals surface area (Å²) in [7, 11) is 0. The van der Waals surface area contributed by atoms with Gasteiger partial charge in [-0.25, -0.2) is 8.78 Å². The lowest BCUT2D eigenvalue weighted by molar-refractivity contribution is 0.150. The van der Waals surface area contributed by atoms with E-state index < -0.39 is 6.43 Å². The quantitative estimate of drug-likeness (QED) is 0.605. The molecule has 0 saturated carbocycles. The summed E-state index contributed by atoms with van der Waals surface area (Å²) in [6.07, 6.45) is 0.213. The average Bonchev–Trinajstić information content (AvgIpc) is 2.80. The van der Waals surface area contributed by atoms with Crippen molar-refractivity contribution in [1.82, 2.24) is 0 Å². The first kappa shape index (κ1) is 17.3. The number of fused-ring (bicyclic) bond motifs is 2. The van der Waals surface area contributed by atoms with Crippen LogP contribution in [0.4, 0.5) is 31.5 Å². The minimum atomic E-state index is -2.51. The maximum atomic E-state index is 13.4. The fourth-order valence-electron chi connectivity index (χ4n) is 3.68. The van der Waals surface area contributed by atoms with E-state index >= 15 is 0 Å². The van der Waals surface area contributed by atoms with Crippen LogP contribution in [0.2, 0.25) is 0 Å². The maximum absolute atomic E-state index is 13.4. The molecule has 4 rings (SSSR count). The number of hydrogen-bond acceptors (Lipinski definition) is 3. The van der Waals surface area contributed by atoms with Crippen molar-refractivity contribution in [3.05, 3.63) is 58.2 Å². The minimum Gasteiger partial charge on any atom is -0.381 e. The summed E-state index contributed by atoms with van der Waals surface area (Å²) >= 11 is 3.30. The number of alkyl halides is 2. The van der Waals surface area contributed by atoms with Crippen molar-refractivity contribution in [2.75, 3.05) is 28.6 Å². The zero-order valence-electron chi connectivity index (χ0n) is 14.3. The van der Waals surface area contributed by atoms with Crippen molar-refractivity contribution in [3.63, 3.8) is 0 Å². The Balaban J connectivity index is 1.83. The van der Waals surface area contributed by atoms with Gasteiger partial charge in [-0.1, -0.05) is 28.6 Å². The SMILES string of the molecule is C=C1CCNc2c(cccc2N2CCCc3cc(Br)c(C(F)F)cc32)N1. The third-order valence-electron chi connectivity index (χ3n) is 4.92. The predicted molar refractivity (Wildman–Crippen MR) is 107 cm³/mol. The van der Waals surface area contributed by atoms with Crippen LogP contribution in [-0.4, -0.2) is 13.1 Å². The first-order chi connectivity index (χ1) is 12.5. The van der Waals surface area contributed by atoms with Crippen molar-refractivity contribution < 1.29 is 8.78 Å². The molecule has 3 nitrogen and oxygen atoms in total. The number of benzene rings is 2. The highest BCUT2D eigenvalue weighted by Gasteiger charge is 2.25. The van der Waals surface area contributed by atoms with E-state index in [0.717, 1.165) is 66.4 Å². The molecule has 6 heteroatoms. The third-order valence-corrected chi connectivity index (χ3v) is 5.61. The van der Waals surface area contributed by atoms with E-state index in [0.29, 0.717) is 4.47 Å². The van der Waals surface area contributed by atoms with Gasteiger partial charge in [-0.15, -0.1) is 0 Å². The lowest BCUT2D eigenvalue weighted by Gasteiger charge is -2.34. The highest BCUT2D eigenvalue weighted by Crippen LogP contribution is 2.44. The molecular weight excluding hydrogens is 400 g/mol. The predicted octanol–water partition coefficient (Wildman–Crippen LogP) is 6.21. The summed E-state index contributed by atoms with van der Waals surface area (Å²) in [5.74, 6) is 0. The van der Waals surface area contributed by atoms with Crippen LogP contribution in [0.1, 0.15) is 30.4 Å². The van der Waals surface area contributed by atoms with E-state index in [1.54, 1.807) is 6.07 Å². The van der Waals surface area contributed by atoms with Gasteiger partial charge in [0.15, 0.2) is 0 Å². The molecule has 2 aromatic carbocycles. The summed E-state index contributed by atoms with van der Waals surface area (Å²) in [5, 5.41) is 6.83. The molecule has 2 heterocycles. The lowest BCUT2D eigenvalue weighted by atomic mass is 9.98. The molecule has 0 saturated heterocycles. The molecule has 2 aromatic rings. The van der Waals surface area contributed by atoms with Crippen LogP contribution in [0.25, 0.3) is 0 Å². The summed E-state index contributed by atoms with van der Waals surface area (Å²) in [5.41, 5.74) is 5.95. The number of halogens is 3. The summed E-state index contributed by atoms with van der Waals surface area (Å²) in [6.45, 7) is 5.63. The molecule has 0 atom stereocenters. The molecule has 136 valence electrons. The fourth-order valence-corrected chi connectivity index (χ4v) is 4.25. The Hall–Kier alpha value is -2.08. The van der Waals surface area contributed by atoms with E-state index in [2.05, 4.69) is 38.0 Å². The molecular formula is C20H20BrF2N3. The number of aryl methyl sites for hydroxylation is 1. The van der Waals surface area contributed by atoms with E-state index in [9.17, 15) is 8.78 Å². The Morgan fingerprint density at radius 1 is 1.15 bits per heavy atom. The maximum Gasteiger partial charge on any atom is 0.265 e. The zero-order valence-corrected chi connectivity index (χ0v) is 15.9. The average molecular weight is 420 g/mol. The number of hydrogen-bond donors (Lipinski definition) is 2. The largest absolute Gasteiger partial charge is 0.381 e. The van der Waals surface area contributed by atoms with Gasteiger partial charge in [0.25, 0.3) is 6.43 Å². The van der Waals surface area contributed by atoms with Crippen molar-refractivity contribution >= 4 is 38.7 Å². The van der Waals surface area contributed by atoms with Crippen molar-refractivity contribution in [2.45, 2.75) is 25.7 Å². The van der Waals surface area contributed by atoms with Gasteiger partial charge in [-0.3, -0.25) is 0 Å². The van der Waals surface area contributed by atoms with Crippen LogP contribution < -0.4 is 15.5 Å². The molecule has 0 amide bonds. The molecule has 2 aliphatic rings. The van der Waals surface area contributed by atoms with Gasteiger partial charge in [-0.2, -0.15) is 0 Å². The summed E-state index contributed by atoms with van der Waals surface area (Å²) in [6, 6.07) is 9.52. The Kier molecular flexibility index (Phi) is 4.61. The topological polar surface area (TPSA) is 27.3 Å². The molecule has 2 N–H and O–H groups in total. The molecule has 0 radical (unpaired) electrons. The van der Waals surface area contributed by atoms with Crippen molar-refractivity contribution in [1.29, 1.82) is 0 Å². The molecule has 0 aromatic heterocycles. The second kappa shape index (κ2) is 6.91. The Morgan fingerprint density at radius 3 is 2.81 bits per heavy atom. The van der Waals surface area contributed by atoms with Crippen LogP contribution in [0.15, 0.2) is 47.1 Å². The number of rotatable bonds is 2. The van der Waals surface area contributed by atoms with Crippen molar-refractivity contribution in [2.24, 2.45) is 0 Å². The zero-order chi connectivity index (χ0) is 18.3. The second-order valence-corrected chi connectivity index (χ2v) is 7.52. The molecule has 0 bridgehead atoms. The van der Waals surface area contributed by atoms with Crippen LogP contribution in [0, 0.1) is 0 Å². The normalized spacial score (nSPS) is 16.5. The van der Waals surface area contributed by atoms with E-state index in [1.165, 1.54) is 0 Å². The Morgan fingerprint density at radius 2 is 2.00 bits per heavy atom. The summed E-state index contributed by atoms with van der Waals surface area (Å²) < 4.78 is 27.3. The van der Waals surface area contributed by atoms with Crippen LogP contribution >= 0.6 is 15.9 Å². The van der Waals surface area contributed by atoms with Gasteiger partial charge in [0.2, 0.25) is 0 Å². The lowest BCUT2D eigenvalue weighted by Crippen LogP contribution is -2.26. The fraction of sp³-hybridized carbons (Fsp3) is 0.300. The van der Waals surface area contributed by atoms with Crippen LogP contribution in [0.3, 0.4) is 0 Å². The van der Waals surface area contributed by atoms with E-state index in [-0.39, 0.29) is 5.56 Å². The molecule has 0 spiro atoms. The molecule has 0 unspecified atom stereocenters. The number of anilines is 4. The second-order valence-electron chi connectivity index (χ2n) is 6.66. The monoisotopic (exact) mass is 419 g/mol. The Labute approximate surface area is 160 Å². The summed E-state index contributed by atoms with van der Waals surface area (Å²) in [4.78, 5) is 2.15. The van der Waals surface area contributed by atoms with Gasteiger partial charge in [0, 0.05) is 40.9 Å². The van der Waals surface area contributed by atoms with E-state index in [4.69, 9.17) is 0 Å². The first-order valence-electron chi connectivity index (χ1n) is 8.74. The van der Waals surface area contributed by atoms with Gasteiger partial charge >= 0.3 is 0 Å². The first-order valence-corrected chi connectivity index (χ1v) is 9.53. The molecule has 26 heavy (non-hydrogen) atoms. The van der Waals surface area contributed by atoms with Crippen LogP contribution in [0.5, 0.6) is 0 Å².